The third-order valence-electron chi connectivity index (χ3n) is 4.99. The van der Waals surface area contributed by atoms with Gasteiger partial charge in [-0.3, -0.25) is 14.3 Å². The van der Waals surface area contributed by atoms with Gasteiger partial charge >= 0.3 is 0 Å². The standard InChI is InChI=1S/C20H28N8O3/c1-3-17(29)27-8-4-6-15(13-27)28-12-14(10-24-28)25-20-23-11-16(18(21)30)19(26-20)22-7-5-9-31-2/h3,10-12,15H,1,4-9,13H2,2H3,(H2,21,30)(H2,22,23,25,26)/t15-/m1/s1. The fraction of sp³-hybridized carbons (Fsp3) is 0.450. The number of nitrogens with zero attached hydrogens (tertiary/aromatic N) is 5. The highest BCUT2D eigenvalue weighted by atomic mass is 16.5. The number of anilines is 3. The van der Waals surface area contributed by atoms with Crippen molar-refractivity contribution in [3.63, 3.8) is 0 Å². The molecule has 4 N–H and O–H groups in total. The van der Waals surface area contributed by atoms with Crippen LogP contribution < -0.4 is 16.4 Å². The number of likely N-dealkylation sites (tertiary alicyclic amines) is 1. The van der Waals surface area contributed by atoms with Crippen molar-refractivity contribution in [1.82, 2.24) is 24.6 Å². The molecule has 0 unspecified atom stereocenters. The van der Waals surface area contributed by atoms with Crippen molar-refractivity contribution in [2.45, 2.75) is 25.3 Å². The Labute approximate surface area is 180 Å². The summed E-state index contributed by atoms with van der Waals surface area (Å²) < 4.78 is 6.87. The topological polar surface area (TPSA) is 140 Å². The van der Waals surface area contributed by atoms with E-state index in [4.69, 9.17) is 10.5 Å². The van der Waals surface area contributed by atoms with Crippen molar-refractivity contribution in [1.29, 1.82) is 0 Å². The number of rotatable bonds is 10. The van der Waals surface area contributed by atoms with Crippen molar-refractivity contribution >= 4 is 29.3 Å². The molecular weight excluding hydrogens is 400 g/mol. The molecule has 166 valence electrons. The SMILES string of the molecule is C=CC(=O)N1CCC[C@@H](n2cc(Nc3ncc(C(N)=O)c(NCCCOC)n3)cn2)C1. The number of nitrogens with two attached hydrogens (primary N) is 1. The number of amides is 2. The van der Waals surface area contributed by atoms with Gasteiger partial charge in [-0.05, 0) is 25.3 Å². The predicted molar refractivity (Wildman–Crippen MR) is 116 cm³/mol. The molecule has 0 spiro atoms. The maximum absolute atomic E-state index is 11.9. The summed E-state index contributed by atoms with van der Waals surface area (Å²) in [6, 6.07) is 0.0874. The summed E-state index contributed by atoms with van der Waals surface area (Å²) in [4.78, 5) is 33.9. The molecule has 2 aromatic rings. The van der Waals surface area contributed by atoms with Crippen LogP contribution in [0.1, 0.15) is 35.7 Å². The molecule has 1 atom stereocenters. The van der Waals surface area contributed by atoms with E-state index in [0.29, 0.717) is 37.1 Å². The van der Waals surface area contributed by atoms with Crippen LogP contribution in [0.25, 0.3) is 0 Å². The van der Waals surface area contributed by atoms with Gasteiger partial charge in [0.1, 0.15) is 5.82 Å². The summed E-state index contributed by atoms with van der Waals surface area (Å²) in [6.07, 6.45) is 8.84. The molecule has 31 heavy (non-hydrogen) atoms. The van der Waals surface area contributed by atoms with E-state index < -0.39 is 5.91 Å². The van der Waals surface area contributed by atoms with Crippen LogP contribution in [-0.4, -0.2) is 69.8 Å². The number of aromatic nitrogens is 4. The first-order valence-electron chi connectivity index (χ1n) is 10.1. The first-order valence-corrected chi connectivity index (χ1v) is 10.1. The van der Waals surface area contributed by atoms with Gasteiger partial charge in [0.25, 0.3) is 5.91 Å². The molecule has 2 amide bonds. The zero-order valence-corrected chi connectivity index (χ0v) is 17.6. The van der Waals surface area contributed by atoms with Crippen molar-refractivity contribution < 1.29 is 14.3 Å². The smallest absolute Gasteiger partial charge is 0.254 e. The van der Waals surface area contributed by atoms with Gasteiger partial charge in [0, 0.05) is 45.7 Å². The predicted octanol–water partition coefficient (Wildman–Crippen LogP) is 1.31. The molecule has 2 aromatic heterocycles. The lowest BCUT2D eigenvalue weighted by Gasteiger charge is -2.32. The zero-order chi connectivity index (χ0) is 22.2. The molecule has 0 bridgehead atoms. The number of piperidine rings is 1. The molecule has 1 aliphatic heterocycles. The number of hydrogen-bond acceptors (Lipinski definition) is 8. The Kier molecular flexibility index (Phi) is 7.55. The average Bonchev–Trinajstić information content (AvgIpc) is 3.24. The highest BCUT2D eigenvalue weighted by Crippen LogP contribution is 2.24. The normalized spacial score (nSPS) is 16.0. The zero-order valence-electron chi connectivity index (χ0n) is 17.6. The second-order valence-corrected chi connectivity index (χ2v) is 7.21. The molecule has 0 saturated carbocycles. The summed E-state index contributed by atoms with van der Waals surface area (Å²) in [6.45, 7) is 6.04. The minimum atomic E-state index is -0.607. The molecule has 11 heteroatoms. The summed E-state index contributed by atoms with van der Waals surface area (Å²) in [5, 5.41) is 10.6. The fourth-order valence-corrected chi connectivity index (χ4v) is 3.41. The number of ether oxygens (including phenoxy) is 1. The number of carbonyl (C=O) groups is 2. The Balaban J connectivity index is 1.68. The van der Waals surface area contributed by atoms with Gasteiger partial charge in [-0.2, -0.15) is 10.1 Å². The van der Waals surface area contributed by atoms with E-state index in [1.165, 1.54) is 12.3 Å². The van der Waals surface area contributed by atoms with Gasteiger partial charge in [0.2, 0.25) is 11.9 Å². The molecule has 0 radical (unpaired) electrons. The number of primary amides is 1. The number of nitrogens with one attached hydrogen (secondary N) is 2. The van der Waals surface area contributed by atoms with Crippen molar-refractivity contribution in [3.05, 3.63) is 36.8 Å². The van der Waals surface area contributed by atoms with Crippen molar-refractivity contribution in [3.8, 4) is 0 Å². The van der Waals surface area contributed by atoms with E-state index in [-0.39, 0.29) is 17.5 Å². The van der Waals surface area contributed by atoms with Crippen LogP contribution in [0.4, 0.5) is 17.5 Å². The van der Waals surface area contributed by atoms with E-state index in [9.17, 15) is 9.59 Å². The highest BCUT2D eigenvalue weighted by Gasteiger charge is 2.24. The van der Waals surface area contributed by atoms with Crippen LogP contribution in [0, 0.1) is 0 Å². The minimum Gasteiger partial charge on any atom is -0.385 e. The molecule has 3 heterocycles. The molecule has 0 aromatic carbocycles. The lowest BCUT2D eigenvalue weighted by atomic mass is 10.1. The van der Waals surface area contributed by atoms with Gasteiger partial charge in [-0.1, -0.05) is 6.58 Å². The fourth-order valence-electron chi connectivity index (χ4n) is 3.41. The van der Waals surface area contributed by atoms with Crippen LogP contribution >= 0.6 is 0 Å². The molecular formula is C20H28N8O3. The Bertz CT molecular complexity index is 929. The Morgan fingerprint density at radius 2 is 2.26 bits per heavy atom. The van der Waals surface area contributed by atoms with E-state index in [2.05, 4.69) is 32.3 Å². The van der Waals surface area contributed by atoms with E-state index >= 15 is 0 Å². The van der Waals surface area contributed by atoms with E-state index in [0.717, 1.165) is 25.8 Å². The van der Waals surface area contributed by atoms with E-state index in [1.54, 1.807) is 18.2 Å². The average molecular weight is 428 g/mol. The molecule has 3 rings (SSSR count). The lowest BCUT2D eigenvalue weighted by molar-refractivity contribution is -0.127. The van der Waals surface area contributed by atoms with Crippen LogP contribution in [0.3, 0.4) is 0 Å². The second-order valence-electron chi connectivity index (χ2n) is 7.21. The maximum Gasteiger partial charge on any atom is 0.254 e. The molecule has 1 saturated heterocycles. The van der Waals surface area contributed by atoms with E-state index in [1.807, 2.05) is 10.9 Å². The maximum atomic E-state index is 11.9. The molecule has 1 aliphatic rings. The Morgan fingerprint density at radius 1 is 1.42 bits per heavy atom. The lowest BCUT2D eigenvalue weighted by Crippen LogP contribution is -2.39. The summed E-state index contributed by atoms with van der Waals surface area (Å²) in [5.74, 6) is -0.00142. The van der Waals surface area contributed by atoms with Crippen LogP contribution in [-0.2, 0) is 9.53 Å². The van der Waals surface area contributed by atoms with Gasteiger partial charge in [-0.25, -0.2) is 4.98 Å². The number of hydrogen-bond donors (Lipinski definition) is 3. The van der Waals surface area contributed by atoms with Gasteiger partial charge in [0.05, 0.1) is 23.5 Å². The van der Waals surface area contributed by atoms with Crippen molar-refractivity contribution in [2.75, 3.05) is 44.0 Å². The number of carbonyl (C=O) groups excluding carboxylic acids is 2. The largest absolute Gasteiger partial charge is 0.385 e. The minimum absolute atomic E-state index is 0.0660. The molecule has 11 nitrogen and oxygen atoms in total. The Hall–Kier alpha value is -3.47. The highest BCUT2D eigenvalue weighted by molar-refractivity contribution is 5.97. The van der Waals surface area contributed by atoms with Crippen molar-refractivity contribution in [2.24, 2.45) is 5.73 Å². The third-order valence-corrected chi connectivity index (χ3v) is 4.99. The van der Waals surface area contributed by atoms with Crippen LogP contribution in [0.2, 0.25) is 0 Å². The van der Waals surface area contributed by atoms with Gasteiger partial charge in [-0.15, -0.1) is 0 Å². The number of methoxy groups -OCH3 is 1. The summed E-state index contributed by atoms with van der Waals surface area (Å²) >= 11 is 0. The summed E-state index contributed by atoms with van der Waals surface area (Å²) in [7, 11) is 1.63. The van der Waals surface area contributed by atoms with Gasteiger partial charge < -0.3 is 26.0 Å². The third kappa shape index (κ3) is 5.79. The monoisotopic (exact) mass is 428 g/mol. The second kappa shape index (κ2) is 10.5. The summed E-state index contributed by atoms with van der Waals surface area (Å²) in [5.41, 5.74) is 6.34. The quantitative estimate of drug-likeness (QED) is 0.380. The van der Waals surface area contributed by atoms with Crippen LogP contribution in [0.15, 0.2) is 31.2 Å². The first-order chi connectivity index (χ1) is 15.0. The van der Waals surface area contributed by atoms with Crippen LogP contribution in [0.5, 0.6) is 0 Å². The van der Waals surface area contributed by atoms with Gasteiger partial charge in [0.15, 0.2) is 0 Å². The molecule has 0 aliphatic carbocycles. The first kappa shape index (κ1) is 22.2. The molecule has 1 fully saturated rings. The Morgan fingerprint density at radius 3 is 3.00 bits per heavy atom.